The smallest absolute Gasteiger partial charge is 0.286 e. The van der Waals surface area contributed by atoms with Gasteiger partial charge >= 0.3 is 0 Å². The summed E-state index contributed by atoms with van der Waals surface area (Å²) in [6.45, 7) is 0. The quantitative estimate of drug-likeness (QED) is 0.595. The summed E-state index contributed by atoms with van der Waals surface area (Å²) in [5.41, 5.74) is 5.85. The molecule has 0 atom stereocenters. The Morgan fingerprint density at radius 2 is 1.90 bits per heavy atom. The lowest BCUT2D eigenvalue weighted by Crippen LogP contribution is -2.40. The van der Waals surface area contributed by atoms with E-state index in [1.165, 1.54) is 6.08 Å². The van der Waals surface area contributed by atoms with Gasteiger partial charge in [0.2, 0.25) is 0 Å². The van der Waals surface area contributed by atoms with Gasteiger partial charge in [-0.2, -0.15) is 0 Å². The molecule has 0 aliphatic rings. The van der Waals surface area contributed by atoms with Crippen LogP contribution in [0, 0.1) is 0 Å². The zero-order chi connectivity index (χ0) is 14.4. The minimum Gasteiger partial charge on any atom is -0.357 e. The van der Waals surface area contributed by atoms with Gasteiger partial charge in [-0.05, 0) is 29.8 Å². The molecule has 0 saturated heterocycles. The lowest BCUT2D eigenvalue weighted by atomic mass is 10.2. The standard InChI is InChI=1S/C14H12BrN3O2/c15-11-5-2-1-4-10(11)7-8-13(19)17-18-14(20)12-6-3-9-16-12/h1-9,16H,(H,17,19)(H,18,20)/b8-7+. The maximum atomic E-state index is 11.6. The zero-order valence-electron chi connectivity index (χ0n) is 10.4. The predicted octanol–water partition coefficient (Wildman–Crippen LogP) is 2.25. The normalized spacial score (nSPS) is 10.4. The number of H-pyrrole nitrogens is 1. The molecular formula is C14H12BrN3O2. The highest BCUT2D eigenvalue weighted by Gasteiger charge is 2.05. The Balaban J connectivity index is 1.87. The fourth-order valence-electron chi connectivity index (χ4n) is 1.47. The van der Waals surface area contributed by atoms with Gasteiger partial charge in [-0.1, -0.05) is 34.1 Å². The van der Waals surface area contributed by atoms with Crippen LogP contribution in [0.3, 0.4) is 0 Å². The Kier molecular flexibility index (Phi) is 4.73. The molecule has 1 aromatic carbocycles. The van der Waals surface area contributed by atoms with E-state index in [0.29, 0.717) is 5.69 Å². The highest BCUT2D eigenvalue weighted by Crippen LogP contribution is 2.16. The molecule has 0 unspecified atom stereocenters. The van der Waals surface area contributed by atoms with Crippen molar-refractivity contribution >= 4 is 33.8 Å². The number of carbonyl (C=O) groups excluding carboxylic acids is 2. The largest absolute Gasteiger partial charge is 0.357 e. The first-order valence-electron chi connectivity index (χ1n) is 5.83. The molecule has 0 spiro atoms. The first-order valence-corrected chi connectivity index (χ1v) is 6.62. The molecule has 0 saturated carbocycles. The number of halogens is 1. The van der Waals surface area contributed by atoms with Crippen LogP contribution in [0.25, 0.3) is 6.08 Å². The number of carbonyl (C=O) groups is 2. The molecule has 2 amide bonds. The first-order chi connectivity index (χ1) is 9.66. The number of aromatic amines is 1. The minimum absolute atomic E-state index is 0.375. The van der Waals surface area contributed by atoms with Crippen molar-refractivity contribution in [1.82, 2.24) is 15.8 Å². The maximum Gasteiger partial charge on any atom is 0.286 e. The SMILES string of the molecule is O=C(/C=C/c1ccccc1Br)NNC(=O)c1ccc[nH]1. The van der Waals surface area contributed by atoms with Crippen LogP contribution in [0.15, 0.2) is 53.1 Å². The second-order valence-electron chi connectivity index (χ2n) is 3.88. The third-order valence-corrected chi connectivity index (χ3v) is 3.18. The van der Waals surface area contributed by atoms with Crippen LogP contribution < -0.4 is 10.9 Å². The Labute approximate surface area is 124 Å². The van der Waals surface area contributed by atoms with Crippen LogP contribution >= 0.6 is 15.9 Å². The Hall–Kier alpha value is -2.34. The maximum absolute atomic E-state index is 11.6. The monoisotopic (exact) mass is 333 g/mol. The highest BCUT2D eigenvalue weighted by molar-refractivity contribution is 9.10. The van der Waals surface area contributed by atoms with E-state index >= 15 is 0 Å². The van der Waals surface area contributed by atoms with E-state index in [1.807, 2.05) is 24.3 Å². The molecule has 0 fully saturated rings. The fourth-order valence-corrected chi connectivity index (χ4v) is 1.89. The summed E-state index contributed by atoms with van der Waals surface area (Å²) in [4.78, 5) is 25.9. The van der Waals surface area contributed by atoms with Gasteiger partial charge in [-0.25, -0.2) is 0 Å². The minimum atomic E-state index is -0.416. The van der Waals surface area contributed by atoms with Crippen LogP contribution in [-0.4, -0.2) is 16.8 Å². The summed E-state index contributed by atoms with van der Waals surface area (Å²) in [6, 6.07) is 10.8. The summed E-state index contributed by atoms with van der Waals surface area (Å²) in [5.74, 6) is -0.821. The molecular weight excluding hydrogens is 322 g/mol. The summed E-state index contributed by atoms with van der Waals surface area (Å²) in [6.07, 6.45) is 4.62. The number of hydrogen-bond acceptors (Lipinski definition) is 2. The van der Waals surface area contributed by atoms with E-state index in [1.54, 1.807) is 24.4 Å². The molecule has 102 valence electrons. The van der Waals surface area contributed by atoms with E-state index in [0.717, 1.165) is 10.0 Å². The van der Waals surface area contributed by atoms with Gasteiger partial charge in [0.15, 0.2) is 0 Å². The van der Waals surface area contributed by atoms with Gasteiger partial charge in [0.1, 0.15) is 5.69 Å². The van der Waals surface area contributed by atoms with E-state index in [4.69, 9.17) is 0 Å². The second-order valence-corrected chi connectivity index (χ2v) is 4.74. The van der Waals surface area contributed by atoms with Gasteiger partial charge in [-0.15, -0.1) is 0 Å². The van der Waals surface area contributed by atoms with Gasteiger partial charge in [0.25, 0.3) is 11.8 Å². The molecule has 0 radical (unpaired) electrons. The fraction of sp³-hybridized carbons (Fsp3) is 0. The number of nitrogens with one attached hydrogen (secondary N) is 3. The third-order valence-electron chi connectivity index (χ3n) is 2.46. The van der Waals surface area contributed by atoms with Crippen LogP contribution in [0.5, 0.6) is 0 Å². The van der Waals surface area contributed by atoms with Crippen molar-refractivity contribution in [3.8, 4) is 0 Å². The van der Waals surface area contributed by atoms with Crippen molar-refractivity contribution < 1.29 is 9.59 Å². The summed E-state index contributed by atoms with van der Waals surface area (Å²) >= 11 is 3.38. The van der Waals surface area contributed by atoms with Crippen LogP contribution in [-0.2, 0) is 4.79 Å². The average molecular weight is 334 g/mol. The van der Waals surface area contributed by atoms with E-state index < -0.39 is 11.8 Å². The van der Waals surface area contributed by atoms with E-state index in [-0.39, 0.29) is 0 Å². The average Bonchev–Trinajstić information content (AvgIpc) is 2.98. The second kappa shape index (κ2) is 6.72. The molecule has 0 bridgehead atoms. The van der Waals surface area contributed by atoms with Crippen molar-refractivity contribution in [2.45, 2.75) is 0 Å². The lowest BCUT2D eigenvalue weighted by Gasteiger charge is -2.03. The first kappa shape index (κ1) is 14.1. The molecule has 20 heavy (non-hydrogen) atoms. The number of amides is 2. The molecule has 2 rings (SSSR count). The number of benzene rings is 1. The van der Waals surface area contributed by atoms with Crippen molar-refractivity contribution in [1.29, 1.82) is 0 Å². The summed E-state index contributed by atoms with van der Waals surface area (Å²) in [7, 11) is 0. The predicted molar refractivity (Wildman–Crippen MR) is 79.6 cm³/mol. The van der Waals surface area contributed by atoms with Crippen molar-refractivity contribution in [3.05, 3.63) is 64.4 Å². The molecule has 0 aliphatic carbocycles. The zero-order valence-corrected chi connectivity index (χ0v) is 12.0. The van der Waals surface area contributed by atoms with Crippen LogP contribution in [0.2, 0.25) is 0 Å². The Morgan fingerprint density at radius 3 is 2.60 bits per heavy atom. The number of hydrogen-bond donors (Lipinski definition) is 3. The summed E-state index contributed by atoms with van der Waals surface area (Å²) < 4.78 is 0.888. The van der Waals surface area contributed by atoms with Crippen LogP contribution in [0.4, 0.5) is 0 Å². The molecule has 2 aromatic rings. The van der Waals surface area contributed by atoms with E-state index in [2.05, 4.69) is 31.8 Å². The molecule has 6 heteroatoms. The van der Waals surface area contributed by atoms with Gasteiger partial charge in [-0.3, -0.25) is 20.4 Å². The van der Waals surface area contributed by atoms with Gasteiger partial charge in [0.05, 0.1) is 0 Å². The molecule has 0 aliphatic heterocycles. The Morgan fingerprint density at radius 1 is 1.10 bits per heavy atom. The molecule has 1 heterocycles. The highest BCUT2D eigenvalue weighted by atomic mass is 79.9. The summed E-state index contributed by atoms with van der Waals surface area (Å²) in [5, 5.41) is 0. The van der Waals surface area contributed by atoms with Crippen molar-refractivity contribution in [3.63, 3.8) is 0 Å². The molecule has 3 N–H and O–H groups in total. The molecule has 5 nitrogen and oxygen atoms in total. The van der Waals surface area contributed by atoms with Crippen molar-refractivity contribution in [2.24, 2.45) is 0 Å². The topological polar surface area (TPSA) is 74.0 Å². The number of aromatic nitrogens is 1. The number of hydrazine groups is 1. The van der Waals surface area contributed by atoms with Crippen molar-refractivity contribution in [2.75, 3.05) is 0 Å². The molecule has 1 aromatic heterocycles. The Bertz CT molecular complexity index is 636. The lowest BCUT2D eigenvalue weighted by molar-refractivity contribution is -0.117. The van der Waals surface area contributed by atoms with Gasteiger partial charge < -0.3 is 4.98 Å². The van der Waals surface area contributed by atoms with E-state index in [9.17, 15) is 9.59 Å². The van der Waals surface area contributed by atoms with Gasteiger partial charge in [0, 0.05) is 16.7 Å². The third kappa shape index (κ3) is 3.83. The number of rotatable bonds is 3. The van der Waals surface area contributed by atoms with Crippen LogP contribution in [0.1, 0.15) is 16.1 Å².